The maximum Gasteiger partial charge on any atom is 0.159 e. The van der Waals surface area contributed by atoms with Gasteiger partial charge in [0.05, 0.1) is 11.8 Å². The smallest absolute Gasteiger partial charge is 0.159 e. The van der Waals surface area contributed by atoms with E-state index in [1.807, 2.05) is 0 Å². The summed E-state index contributed by atoms with van der Waals surface area (Å²) in [4.78, 5) is 0.346. The number of nitrogens with one attached hydrogen (secondary N) is 1. The Kier molecular flexibility index (Phi) is 5.28. The summed E-state index contributed by atoms with van der Waals surface area (Å²) in [6, 6.07) is 2.12. The van der Waals surface area contributed by atoms with E-state index in [4.69, 9.17) is 18.0 Å². The Morgan fingerprint density at radius 2 is 2.12 bits per heavy atom. The maximum absolute atomic E-state index is 5.64. The van der Waals surface area contributed by atoms with E-state index in [1.165, 1.54) is 6.42 Å². The Labute approximate surface area is 108 Å². The van der Waals surface area contributed by atoms with E-state index in [9.17, 15) is 0 Å². The lowest BCUT2D eigenvalue weighted by Crippen LogP contribution is -2.21. The summed E-state index contributed by atoms with van der Waals surface area (Å²) < 4.78 is 0. The lowest BCUT2D eigenvalue weighted by atomic mass is 10.0. The normalized spacial score (nSPS) is 12.5. The molecule has 1 aromatic heterocycles. The molecule has 3 N–H and O–H groups in total. The summed E-state index contributed by atoms with van der Waals surface area (Å²) in [5.41, 5.74) is 6.39. The van der Waals surface area contributed by atoms with Gasteiger partial charge in [-0.15, -0.1) is 5.10 Å². The quantitative estimate of drug-likeness (QED) is 0.761. The van der Waals surface area contributed by atoms with E-state index in [0.29, 0.717) is 22.8 Å². The van der Waals surface area contributed by atoms with Gasteiger partial charge in [-0.2, -0.15) is 5.10 Å². The highest BCUT2D eigenvalue weighted by atomic mass is 32.1. The molecule has 0 aliphatic carbocycles. The standard InChI is InChI=1S/C12H20N4S/c1-8(2)4-5-9(3)15-12-10(11(13)17)6-7-14-16-12/h6-9H,4-5H2,1-3H3,(H2,13,17)(H,15,16). The zero-order valence-electron chi connectivity index (χ0n) is 10.6. The van der Waals surface area contributed by atoms with Crippen molar-refractivity contribution in [1.82, 2.24) is 10.2 Å². The van der Waals surface area contributed by atoms with E-state index in [0.717, 1.165) is 12.0 Å². The van der Waals surface area contributed by atoms with Crippen molar-refractivity contribution in [2.75, 3.05) is 5.32 Å². The number of nitrogens with zero attached hydrogens (tertiary/aromatic N) is 2. The van der Waals surface area contributed by atoms with Crippen LogP contribution in [0.15, 0.2) is 12.3 Å². The molecule has 0 fully saturated rings. The first kappa shape index (κ1) is 13.8. The van der Waals surface area contributed by atoms with Gasteiger partial charge in [0.1, 0.15) is 4.99 Å². The van der Waals surface area contributed by atoms with Crippen molar-refractivity contribution in [2.24, 2.45) is 11.7 Å². The molecule has 0 aliphatic heterocycles. The average molecular weight is 252 g/mol. The number of aromatic nitrogens is 2. The number of hydrogen-bond donors (Lipinski definition) is 2. The van der Waals surface area contributed by atoms with E-state index in [2.05, 4.69) is 36.3 Å². The third-order valence-corrected chi connectivity index (χ3v) is 2.77. The third kappa shape index (κ3) is 4.65. The van der Waals surface area contributed by atoms with Crippen LogP contribution in [-0.2, 0) is 0 Å². The molecule has 0 spiro atoms. The van der Waals surface area contributed by atoms with Crippen molar-refractivity contribution in [2.45, 2.75) is 39.7 Å². The van der Waals surface area contributed by atoms with Crippen LogP contribution in [0.5, 0.6) is 0 Å². The molecule has 0 saturated heterocycles. The van der Waals surface area contributed by atoms with Gasteiger partial charge in [-0.1, -0.05) is 26.1 Å². The molecule has 1 aromatic rings. The second kappa shape index (κ2) is 6.49. The minimum atomic E-state index is 0.335. The van der Waals surface area contributed by atoms with Crippen LogP contribution in [0.2, 0.25) is 0 Å². The van der Waals surface area contributed by atoms with E-state index in [1.54, 1.807) is 12.3 Å². The van der Waals surface area contributed by atoms with E-state index in [-0.39, 0.29) is 0 Å². The van der Waals surface area contributed by atoms with Gasteiger partial charge >= 0.3 is 0 Å². The van der Waals surface area contributed by atoms with Crippen LogP contribution in [0.1, 0.15) is 39.2 Å². The van der Waals surface area contributed by atoms with Crippen LogP contribution >= 0.6 is 12.2 Å². The van der Waals surface area contributed by atoms with Gasteiger partial charge in [0.15, 0.2) is 5.82 Å². The first-order chi connectivity index (χ1) is 8.00. The molecule has 1 rings (SSSR count). The topological polar surface area (TPSA) is 63.8 Å². The van der Waals surface area contributed by atoms with Gasteiger partial charge in [-0.3, -0.25) is 0 Å². The number of thiocarbonyl (C=S) groups is 1. The fourth-order valence-electron chi connectivity index (χ4n) is 1.53. The molecule has 94 valence electrons. The van der Waals surface area contributed by atoms with Crippen molar-refractivity contribution in [3.05, 3.63) is 17.8 Å². The molecule has 0 aromatic carbocycles. The predicted octanol–water partition coefficient (Wildman–Crippen LogP) is 2.35. The molecule has 4 nitrogen and oxygen atoms in total. The molecular formula is C12H20N4S. The zero-order valence-corrected chi connectivity index (χ0v) is 11.4. The first-order valence-corrected chi connectivity index (χ1v) is 6.29. The molecule has 1 atom stereocenters. The first-order valence-electron chi connectivity index (χ1n) is 5.88. The van der Waals surface area contributed by atoms with Gasteiger partial charge in [0.25, 0.3) is 0 Å². The van der Waals surface area contributed by atoms with Crippen LogP contribution in [0.3, 0.4) is 0 Å². The summed E-state index contributed by atoms with van der Waals surface area (Å²) in [7, 11) is 0. The highest BCUT2D eigenvalue weighted by Gasteiger charge is 2.10. The van der Waals surface area contributed by atoms with Crippen LogP contribution in [-0.4, -0.2) is 21.2 Å². The summed E-state index contributed by atoms with van der Waals surface area (Å²) in [6.07, 6.45) is 3.86. The number of nitrogens with two attached hydrogens (primary N) is 1. The fourth-order valence-corrected chi connectivity index (χ4v) is 1.69. The van der Waals surface area contributed by atoms with Gasteiger partial charge in [0, 0.05) is 6.04 Å². The third-order valence-electron chi connectivity index (χ3n) is 2.55. The van der Waals surface area contributed by atoms with Gasteiger partial charge in [0.2, 0.25) is 0 Å². The summed E-state index contributed by atoms with van der Waals surface area (Å²) >= 11 is 4.98. The molecule has 5 heteroatoms. The monoisotopic (exact) mass is 252 g/mol. The van der Waals surface area contributed by atoms with E-state index >= 15 is 0 Å². The van der Waals surface area contributed by atoms with Crippen molar-refractivity contribution in [1.29, 1.82) is 0 Å². The zero-order chi connectivity index (χ0) is 12.8. The molecule has 0 radical (unpaired) electrons. The van der Waals surface area contributed by atoms with Crippen molar-refractivity contribution < 1.29 is 0 Å². The molecule has 0 bridgehead atoms. The van der Waals surface area contributed by atoms with Crippen molar-refractivity contribution >= 4 is 23.0 Å². The van der Waals surface area contributed by atoms with Gasteiger partial charge in [-0.05, 0) is 31.7 Å². The Hall–Kier alpha value is -1.23. The molecule has 17 heavy (non-hydrogen) atoms. The highest BCUT2D eigenvalue weighted by molar-refractivity contribution is 7.80. The maximum atomic E-state index is 5.64. The highest BCUT2D eigenvalue weighted by Crippen LogP contribution is 2.14. The van der Waals surface area contributed by atoms with Gasteiger partial charge in [-0.25, -0.2) is 0 Å². The second-order valence-electron chi connectivity index (χ2n) is 4.67. The molecule has 0 aliphatic rings. The Morgan fingerprint density at radius 3 is 2.71 bits per heavy atom. The molecule has 0 saturated carbocycles. The van der Waals surface area contributed by atoms with Crippen LogP contribution in [0, 0.1) is 5.92 Å². The van der Waals surface area contributed by atoms with Crippen LogP contribution in [0.25, 0.3) is 0 Å². The minimum Gasteiger partial charge on any atom is -0.389 e. The van der Waals surface area contributed by atoms with Crippen molar-refractivity contribution in [3.8, 4) is 0 Å². The minimum absolute atomic E-state index is 0.335. The lowest BCUT2D eigenvalue weighted by Gasteiger charge is -2.16. The SMILES string of the molecule is CC(C)CCC(C)Nc1nnccc1C(N)=S. The molecule has 1 unspecified atom stereocenters. The summed E-state index contributed by atoms with van der Waals surface area (Å²) in [6.45, 7) is 6.56. The average Bonchev–Trinajstić information content (AvgIpc) is 2.27. The van der Waals surface area contributed by atoms with Gasteiger partial charge < -0.3 is 11.1 Å². The fraction of sp³-hybridized carbons (Fsp3) is 0.583. The predicted molar refractivity (Wildman–Crippen MR) is 75.1 cm³/mol. The largest absolute Gasteiger partial charge is 0.389 e. The second-order valence-corrected chi connectivity index (χ2v) is 5.11. The molecule has 1 heterocycles. The Bertz CT molecular complexity index is 379. The summed E-state index contributed by atoms with van der Waals surface area (Å²) in [5, 5.41) is 11.2. The van der Waals surface area contributed by atoms with Crippen molar-refractivity contribution in [3.63, 3.8) is 0 Å². The Morgan fingerprint density at radius 1 is 1.41 bits per heavy atom. The number of anilines is 1. The molecular weight excluding hydrogens is 232 g/mol. The van der Waals surface area contributed by atoms with E-state index < -0.39 is 0 Å². The van der Waals surface area contributed by atoms with Crippen LogP contribution in [0.4, 0.5) is 5.82 Å². The number of rotatable bonds is 6. The Balaban J connectivity index is 2.64. The summed E-state index contributed by atoms with van der Waals surface area (Å²) in [5.74, 6) is 1.38. The lowest BCUT2D eigenvalue weighted by molar-refractivity contribution is 0.527. The molecule has 0 amide bonds. The van der Waals surface area contributed by atoms with Crippen LogP contribution < -0.4 is 11.1 Å². The number of hydrogen-bond acceptors (Lipinski definition) is 4.